The third-order valence-corrected chi connectivity index (χ3v) is 2.90. The van der Waals surface area contributed by atoms with Crippen LogP contribution in [0, 0.1) is 6.92 Å². The van der Waals surface area contributed by atoms with Gasteiger partial charge in [-0.3, -0.25) is 4.57 Å². The fourth-order valence-corrected chi connectivity index (χ4v) is 1.91. The molecule has 1 fully saturated rings. The van der Waals surface area contributed by atoms with Crippen LogP contribution in [0.15, 0.2) is 30.5 Å². The molecule has 82 valence electrons. The first-order valence-electron chi connectivity index (χ1n) is 5.53. The number of hydrogen-bond donors (Lipinski definition) is 0. The Labute approximate surface area is 93.6 Å². The number of benzene rings is 1. The Balaban J connectivity index is 2.05. The average Bonchev–Trinajstić information content (AvgIpc) is 2.96. The molecule has 0 N–H and O–H groups in total. The van der Waals surface area contributed by atoms with Crippen LogP contribution >= 0.6 is 0 Å². The highest BCUT2D eigenvalue weighted by Crippen LogP contribution is 2.26. The van der Waals surface area contributed by atoms with Crippen LogP contribution in [-0.2, 0) is 4.74 Å². The lowest BCUT2D eigenvalue weighted by molar-refractivity contribution is 0.142. The minimum absolute atomic E-state index is 0.147. The Morgan fingerprint density at radius 2 is 2.19 bits per heavy atom. The molecule has 3 heteroatoms. The highest BCUT2D eigenvalue weighted by atomic mass is 16.6. The van der Waals surface area contributed by atoms with Gasteiger partial charge in [0.2, 0.25) is 0 Å². The number of ether oxygens (including phenoxy) is 1. The number of rotatable bonds is 1. The van der Waals surface area contributed by atoms with Gasteiger partial charge < -0.3 is 4.74 Å². The van der Waals surface area contributed by atoms with E-state index in [9.17, 15) is 4.79 Å². The van der Waals surface area contributed by atoms with Crippen molar-refractivity contribution in [2.24, 2.45) is 0 Å². The van der Waals surface area contributed by atoms with Gasteiger partial charge in [0.25, 0.3) is 0 Å². The van der Waals surface area contributed by atoms with Crippen molar-refractivity contribution in [3.8, 4) is 0 Å². The normalized spacial score (nSPS) is 15.3. The maximum atomic E-state index is 11.9. The summed E-state index contributed by atoms with van der Waals surface area (Å²) in [5.74, 6) is 0. The molecule has 0 bridgehead atoms. The van der Waals surface area contributed by atoms with Crippen molar-refractivity contribution < 1.29 is 9.53 Å². The molecule has 1 saturated carbocycles. The van der Waals surface area contributed by atoms with E-state index in [1.54, 1.807) is 10.8 Å². The highest BCUT2D eigenvalue weighted by molar-refractivity contribution is 5.91. The second-order valence-electron chi connectivity index (χ2n) is 4.28. The molecular weight excluding hydrogens is 202 g/mol. The van der Waals surface area contributed by atoms with E-state index < -0.39 is 0 Å². The molecule has 0 aliphatic heterocycles. The standard InChI is InChI=1S/C13H13NO2/c1-9-3-2-4-10-7-8-14(12(9)10)13(15)16-11-5-6-11/h2-4,7-8,11H,5-6H2,1H3. The van der Waals surface area contributed by atoms with Crippen LogP contribution in [-0.4, -0.2) is 16.8 Å². The smallest absolute Gasteiger partial charge is 0.418 e. The Kier molecular flexibility index (Phi) is 1.99. The molecule has 2 aromatic rings. The van der Waals surface area contributed by atoms with Gasteiger partial charge in [0.05, 0.1) is 5.52 Å². The summed E-state index contributed by atoms with van der Waals surface area (Å²) in [4.78, 5) is 11.9. The molecule has 1 heterocycles. The van der Waals surface area contributed by atoms with Gasteiger partial charge >= 0.3 is 6.09 Å². The molecule has 16 heavy (non-hydrogen) atoms. The van der Waals surface area contributed by atoms with Crippen molar-refractivity contribution in [3.63, 3.8) is 0 Å². The lowest BCUT2D eigenvalue weighted by Gasteiger charge is -2.06. The van der Waals surface area contributed by atoms with Gasteiger partial charge in [-0.1, -0.05) is 18.2 Å². The van der Waals surface area contributed by atoms with Crippen LogP contribution in [0.1, 0.15) is 18.4 Å². The Bertz CT molecular complexity index is 552. The Morgan fingerprint density at radius 1 is 1.38 bits per heavy atom. The molecule has 1 aliphatic rings. The Hall–Kier alpha value is -1.77. The predicted molar refractivity (Wildman–Crippen MR) is 61.6 cm³/mol. The molecule has 1 aromatic carbocycles. The van der Waals surface area contributed by atoms with Gasteiger partial charge in [0, 0.05) is 11.6 Å². The molecule has 0 spiro atoms. The molecule has 0 radical (unpaired) electrons. The van der Waals surface area contributed by atoms with Crippen LogP contribution in [0.5, 0.6) is 0 Å². The third kappa shape index (κ3) is 1.48. The molecule has 0 unspecified atom stereocenters. The molecule has 0 saturated heterocycles. The van der Waals surface area contributed by atoms with E-state index in [0.29, 0.717) is 0 Å². The van der Waals surface area contributed by atoms with Crippen LogP contribution in [0.2, 0.25) is 0 Å². The van der Waals surface area contributed by atoms with E-state index in [1.807, 2.05) is 31.2 Å². The molecule has 3 nitrogen and oxygen atoms in total. The number of para-hydroxylation sites is 1. The molecule has 1 aromatic heterocycles. The number of hydrogen-bond acceptors (Lipinski definition) is 2. The van der Waals surface area contributed by atoms with Crippen molar-refractivity contribution >= 4 is 17.0 Å². The number of fused-ring (bicyclic) bond motifs is 1. The zero-order valence-electron chi connectivity index (χ0n) is 9.14. The minimum Gasteiger partial charge on any atom is -0.446 e. The first kappa shape index (κ1) is 9.46. The van der Waals surface area contributed by atoms with Crippen molar-refractivity contribution in [2.75, 3.05) is 0 Å². The molecule has 3 rings (SSSR count). The van der Waals surface area contributed by atoms with E-state index in [0.717, 1.165) is 29.3 Å². The summed E-state index contributed by atoms with van der Waals surface area (Å²) in [5, 5.41) is 1.08. The SMILES string of the molecule is Cc1cccc2ccn(C(=O)OC3CC3)c12. The number of aryl methyl sites for hydroxylation is 1. The number of carbonyl (C=O) groups is 1. The van der Waals surface area contributed by atoms with E-state index in [4.69, 9.17) is 4.74 Å². The largest absolute Gasteiger partial charge is 0.446 e. The van der Waals surface area contributed by atoms with Crippen LogP contribution in [0.4, 0.5) is 4.79 Å². The molecule has 0 amide bonds. The van der Waals surface area contributed by atoms with Crippen molar-refractivity contribution in [1.82, 2.24) is 4.57 Å². The monoisotopic (exact) mass is 215 g/mol. The van der Waals surface area contributed by atoms with Gasteiger partial charge in [0.15, 0.2) is 0 Å². The van der Waals surface area contributed by atoms with Gasteiger partial charge in [-0.2, -0.15) is 0 Å². The number of carbonyl (C=O) groups excluding carboxylic acids is 1. The quantitative estimate of drug-likeness (QED) is 0.732. The summed E-state index contributed by atoms with van der Waals surface area (Å²) in [6.07, 6.45) is 3.68. The number of aromatic nitrogens is 1. The van der Waals surface area contributed by atoms with Crippen LogP contribution < -0.4 is 0 Å². The summed E-state index contributed by atoms with van der Waals surface area (Å²) in [7, 11) is 0. The summed E-state index contributed by atoms with van der Waals surface area (Å²) >= 11 is 0. The average molecular weight is 215 g/mol. The zero-order valence-corrected chi connectivity index (χ0v) is 9.14. The van der Waals surface area contributed by atoms with Crippen molar-refractivity contribution in [1.29, 1.82) is 0 Å². The molecule has 1 aliphatic carbocycles. The van der Waals surface area contributed by atoms with E-state index in [1.165, 1.54) is 0 Å². The highest BCUT2D eigenvalue weighted by Gasteiger charge is 2.27. The van der Waals surface area contributed by atoms with E-state index in [2.05, 4.69) is 0 Å². The Morgan fingerprint density at radius 3 is 2.94 bits per heavy atom. The maximum Gasteiger partial charge on any atom is 0.418 e. The second kappa shape index (κ2) is 3.37. The zero-order chi connectivity index (χ0) is 11.1. The summed E-state index contributed by atoms with van der Waals surface area (Å²) in [6.45, 7) is 2.00. The third-order valence-electron chi connectivity index (χ3n) is 2.90. The van der Waals surface area contributed by atoms with Crippen molar-refractivity contribution in [3.05, 3.63) is 36.0 Å². The lowest BCUT2D eigenvalue weighted by Crippen LogP contribution is -2.14. The fraction of sp³-hybridized carbons (Fsp3) is 0.308. The summed E-state index contributed by atoms with van der Waals surface area (Å²) in [6, 6.07) is 7.94. The first-order chi connectivity index (χ1) is 7.75. The van der Waals surface area contributed by atoms with Crippen molar-refractivity contribution in [2.45, 2.75) is 25.9 Å². The van der Waals surface area contributed by atoms with Crippen LogP contribution in [0.3, 0.4) is 0 Å². The number of nitrogens with zero attached hydrogens (tertiary/aromatic N) is 1. The van der Waals surface area contributed by atoms with Gasteiger partial charge in [-0.15, -0.1) is 0 Å². The summed E-state index contributed by atoms with van der Waals surface area (Å²) in [5.41, 5.74) is 2.04. The summed E-state index contributed by atoms with van der Waals surface area (Å²) < 4.78 is 6.89. The lowest BCUT2D eigenvalue weighted by atomic mass is 10.2. The minimum atomic E-state index is -0.258. The van der Waals surface area contributed by atoms with E-state index in [-0.39, 0.29) is 12.2 Å². The fourth-order valence-electron chi connectivity index (χ4n) is 1.91. The molecule has 0 atom stereocenters. The van der Waals surface area contributed by atoms with Gasteiger partial charge in [-0.05, 0) is 31.4 Å². The topological polar surface area (TPSA) is 31.2 Å². The molecular formula is C13H13NO2. The van der Waals surface area contributed by atoms with E-state index >= 15 is 0 Å². The second-order valence-corrected chi connectivity index (χ2v) is 4.28. The first-order valence-corrected chi connectivity index (χ1v) is 5.53. The maximum absolute atomic E-state index is 11.9. The van der Waals surface area contributed by atoms with Gasteiger partial charge in [0.1, 0.15) is 6.10 Å². The van der Waals surface area contributed by atoms with Crippen LogP contribution in [0.25, 0.3) is 10.9 Å². The predicted octanol–water partition coefficient (Wildman–Crippen LogP) is 3.10. The van der Waals surface area contributed by atoms with Gasteiger partial charge in [-0.25, -0.2) is 4.79 Å².